The van der Waals surface area contributed by atoms with Gasteiger partial charge in [-0.2, -0.15) is 0 Å². The fourth-order valence-corrected chi connectivity index (χ4v) is 4.80. The van der Waals surface area contributed by atoms with Gasteiger partial charge in [-0.3, -0.25) is 0 Å². The average Bonchev–Trinajstić information content (AvgIpc) is 2.78. The molecule has 1 unspecified atom stereocenters. The first-order chi connectivity index (χ1) is 13.9. The molecule has 0 spiro atoms. The maximum absolute atomic E-state index is 6.28. The molecule has 0 amide bonds. The number of fused-ring (bicyclic) bond motifs is 4. The third-order valence-corrected chi connectivity index (χ3v) is 6.43. The Bertz CT molecular complexity index is 932. The molecule has 1 N–H and O–H groups in total. The van der Waals surface area contributed by atoms with E-state index in [1.807, 2.05) is 6.07 Å². The third kappa shape index (κ3) is 3.65. The Morgan fingerprint density at radius 2 is 1.68 bits per heavy atom. The first kappa shape index (κ1) is 17.7. The smallest absolute Gasteiger partial charge is 0.124 e. The van der Waals surface area contributed by atoms with Crippen molar-refractivity contribution in [2.75, 3.05) is 19.6 Å². The van der Waals surface area contributed by atoms with Gasteiger partial charge in [0.1, 0.15) is 12.4 Å². The summed E-state index contributed by atoms with van der Waals surface area (Å²) in [5.41, 5.74) is 2.48. The van der Waals surface area contributed by atoms with Gasteiger partial charge in [-0.15, -0.1) is 0 Å². The second kappa shape index (κ2) is 7.94. The van der Waals surface area contributed by atoms with Gasteiger partial charge in [0.2, 0.25) is 0 Å². The van der Waals surface area contributed by atoms with E-state index in [0.29, 0.717) is 12.6 Å². The van der Waals surface area contributed by atoms with E-state index in [-0.39, 0.29) is 0 Å². The van der Waals surface area contributed by atoms with Crippen molar-refractivity contribution < 1.29 is 4.74 Å². The second-order valence-electron chi connectivity index (χ2n) is 8.16. The van der Waals surface area contributed by atoms with Crippen molar-refractivity contribution in [3.05, 3.63) is 77.9 Å². The SMILES string of the molecule is c1ccc(COc2ccc3ccccc3c2CNC2CN3CCC2CC3)cc1. The van der Waals surface area contributed by atoms with Gasteiger partial charge in [-0.05, 0) is 54.3 Å². The standard InChI is InChI=1S/C25H28N2O/c1-2-6-19(7-3-1)18-28-25-11-10-20-8-4-5-9-22(20)23(25)16-26-24-17-27-14-12-21(24)13-15-27/h1-11,21,24,26H,12-18H2. The van der Waals surface area contributed by atoms with Gasteiger partial charge >= 0.3 is 0 Å². The molecule has 0 aromatic heterocycles. The van der Waals surface area contributed by atoms with Gasteiger partial charge in [0.25, 0.3) is 0 Å². The molecular weight excluding hydrogens is 344 g/mol. The van der Waals surface area contributed by atoms with Crippen molar-refractivity contribution in [2.45, 2.75) is 32.0 Å². The highest BCUT2D eigenvalue weighted by Crippen LogP contribution is 2.31. The normalized spacial score (nSPS) is 23.8. The van der Waals surface area contributed by atoms with E-state index in [0.717, 1.165) is 18.2 Å². The summed E-state index contributed by atoms with van der Waals surface area (Å²) in [4.78, 5) is 2.60. The Kier molecular flexibility index (Phi) is 5.03. The van der Waals surface area contributed by atoms with E-state index in [2.05, 4.69) is 70.9 Å². The summed E-state index contributed by atoms with van der Waals surface area (Å²) in [7, 11) is 0. The Labute approximate surface area is 167 Å². The minimum atomic E-state index is 0.600. The lowest BCUT2D eigenvalue weighted by Crippen LogP contribution is -2.55. The summed E-state index contributed by atoms with van der Waals surface area (Å²) in [5.74, 6) is 1.82. The molecule has 6 rings (SSSR count). The molecule has 3 heteroatoms. The molecule has 3 fully saturated rings. The lowest BCUT2D eigenvalue weighted by atomic mass is 9.84. The predicted octanol–water partition coefficient (Wildman–Crippen LogP) is 4.60. The van der Waals surface area contributed by atoms with Crippen molar-refractivity contribution in [1.82, 2.24) is 10.2 Å². The number of nitrogens with one attached hydrogen (secondary N) is 1. The maximum Gasteiger partial charge on any atom is 0.124 e. The molecule has 3 aromatic rings. The minimum Gasteiger partial charge on any atom is -0.489 e. The topological polar surface area (TPSA) is 24.5 Å². The second-order valence-corrected chi connectivity index (χ2v) is 8.16. The zero-order valence-corrected chi connectivity index (χ0v) is 16.3. The zero-order chi connectivity index (χ0) is 18.8. The third-order valence-electron chi connectivity index (χ3n) is 6.43. The molecule has 28 heavy (non-hydrogen) atoms. The van der Waals surface area contributed by atoms with E-state index >= 15 is 0 Å². The molecule has 0 radical (unpaired) electrons. The Hall–Kier alpha value is -2.36. The van der Waals surface area contributed by atoms with Crippen LogP contribution in [0.3, 0.4) is 0 Å². The summed E-state index contributed by atoms with van der Waals surface area (Å²) in [6.07, 6.45) is 2.68. The van der Waals surface area contributed by atoms with Crippen molar-refractivity contribution in [3.63, 3.8) is 0 Å². The van der Waals surface area contributed by atoms with Crippen LogP contribution in [0.15, 0.2) is 66.7 Å². The van der Waals surface area contributed by atoms with Crippen LogP contribution in [0.2, 0.25) is 0 Å². The molecule has 1 atom stereocenters. The van der Waals surface area contributed by atoms with Crippen molar-refractivity contribution in [2.24, 2.45) is 5.92 Å². The van der Waals surface area contributed by atoms with Crippen LogP contribution in [0.5, 0.6) is 5.75 Å². The van der Waals surface area contributed by atoms with Gasteiger partial charge < -0.3 is 15.0 Å². The molecule has 2 bridgehead atoms. The van der Waals surface area contributed by atoms with Gasteiger partial charge in [0.15, 0.2) is 0 Å². The van der Waals surface area contributed by atoms with Crippen LogP contribution in [-0.4, -0.2) is 30.6 Å². The summed E-state index contributed by atoms with van der Waals surface area (Å²) in [6, 6.07) is 24.0. The van der Waals surface area contributed by atoms with Gasteiger partial charge in [-0.25, -0.2) is 0 Å². The lowest BCUT2D eigenvalue weighted by Gasteiger charge is -2.45. The molecule has 3 aliphatic heterocycles. The summed E-state index contributed by atoms with van der Waals surface area (Å²) >= 11 is 0. The van der Waals surface area contributed by atoms with Crippen LogP contribution in [0, 0.1) is 5.92 Å². The molecule has 0 aliphatic carbocycles. The highest BCUT2D eigenvalue weighted by Gasteiger charge is 2.33. The van der Waals surface area contributed by atoms with Crippen LogP contribution in [0.1, 0.15) is 24.0 Å². The van der Waals surface area contributed by atoms with Gasteiger partial charge in [-0.1, -0.05) is 60.7 Å². The molecule has 0 saturated carbocycles. The largest absolute Gasteiger partial charge is 0.489 e. The maximum atomic E-state index is 6.28. The van der Waals surface area contributed by atoms with E-state index in [1.54, 1.807) is 0 Å². The molecular formula is C25H28N2O. The molecule has 144 valence electrons. The van der Waals surface area contributed by atoms with E-state index in [4.69, 9.17) is 4.74 Å². The summed E-state index contributed by atoms with van der Waals surface area (Å²) < 4.78 is 6.28. The number of hydrogen-bond donors (Lipinski definition) is 1. The number of piperidine rings is 3. The van der Waals surface area contributed by atoms with E-state index in [1.165, 1.54) is 54.4 Å². The zero-order valence-electron chi connectivity index (χ0n) is 16.3. The van der Waals surface area contributed by atoms with Gasteiger partial charge in [0, 0.05) is 24.7 Å². The van der Waals surface area contributed by atoms with Crippen LogP contribution in [-0.2, 0) is 13.2 Å². The summed E-state index contributed by atoms with van der Waals surface area (Å²) in [6.45, 7) is 5.22. The highest BCUT2D eigenvalue weighted by atomic mass is 16.5. The molecule has 3 aliphatic rings. The van der Waals surface area contributed by atoms with Crippen molar-refractivity contribution >= 4 is 10.8 Å². The van der Waals surface area contributed by atoms with Crippen LogP contribution >= 0.6 is 0 Å². The fourth-order valence-electron chi connectivity index (χ4n) is 4.80. The first-order valence-corrected chi connectivity index (χ1v) is 10.5. The quantitative estimate of drug-likeness (QED) is 0.684. The number of nitrogens with zero attached hydrogens (tertiary/aromatic N) is 1. The first-order valence-electron chi connectivity index (χ1n) is 10.5. The van der Waals surface area contributed by atoms with E-state index < -0.39 is 0 Å². The Morgan fingerprint density at radius 1 is 0.893 bits per heavy atom. The molecule has 3 nitrogen and oxygen atoms in total. The van der Waals surface area contributed by atoms with Gasteiger partial charge in [0.05, 0.1) is 0 Å². The fraction of sp³-hybridized carbons (Fsp3) is 0.360. The monoisotopic (exact) mass is 372 g/mol. The van der Waals surface area contributed by atoms with Crippen LogP contribution < -0.4 is 10.1 Å². The predicted molar refractivity (Wildman–Crippen MR) is 115 cm³/mol. The summed E-state index contributed by atoms with van der Waals surface area (Å²) in [5, 5.41) is 6.45. The van der Waals surface area contributed by atoms with E-state index in [9.17, 15) is 0 Å². The molecule has 3 saturated heterocycles. The number of ether oxygens (including phenoxy) is 1. The van der Waals surface area contributed by atoms with Crippen molar-refractivity contribution in [1.29, 1.82) is 0 Å². The van der Waals surface area contributed by atoms with Crippen LogP contribution in [0.4, 0.5) is 0 Å². The molecule has 3 heterocycles. The number of benzene rings is 3. The number of hydrogen-bond acceptors (Lipinski definition) is 3. The Morgan fingerprint density at radius 3 is 2.46 bits per heavy atom. The average molecular weight is 373 g/mol. The Balaban J connectivity index is 1.38. The lowest BCUT2D eigenvalue weighted by molar-refractivity contribution is 0.0719. The van der Waals surface area contributed by atoms with Crippen molar-refractivity contribution in [3.8, 4) is 5.75 Å². The highest BCUT2D eigenvalue weighted by molar-refractivity contribution is 5.87. The van der Waals surface area contributed by atoms with Crippen LogP contribution in [0.25, 0.3) is 10.8 Å². The molecule has 3 aromatic carbocycles. The number of rotatable bonds is 6. The minimum absolute atomic E-state index is 0.600.